The minimum absolute atomic E-state index is 0.0869. The maximum Gasteiger partial charge on any atom is 0.225 e. The Morgan fingerprint density at radius 1 is 1.07 bits per heavy atom. The minimum Gasteiger partial charge on any atom is -0.369 e. The van der Waals surface area contributed by atoms with Gasteiger partial charge in [-0.15, -0.1) is 10.2 Å². The fourth-order valence-corrected chi connectivity index (χ4v) is 1.34. The van der Waals surface area contributed by atoms with Crippen molar-refractivity contribution in [3.8, 4) is 0 Å². The number of anilines is 2. The predicted molar refractivity (Wildman–Crippen MR) is 55.6 cm³/mol. The molecule has 1 atom stereocenters. The summed E-state index contributed by atoms with van der Waals surface area (Å²) in [6.45, 7) is 0. The summed E-state index contributed by atoms with van der Waals surface area (Å²) in [4.78, 5) is 0. The molecule has 6 heteroatoms. The Bertz CT molecular complexity index is 433. The van der Waals surface area contributed by atoms with Crippen molar-refractivity contribution in [1.82, 2.24) is 14.8 Å². The highest BCUT2D eigenvalue weighted by atomic mass is 16.3. The van der Waals surface area contributed by atoms with E-state index >= 15 is 0 Å². The largest absolute Gasteiger partial charge is 0.369 e. The second kappa shape index (κ2) is 3.58. The number of aliphatic hydroxyl groups is 1. The van der Waals surface area contributed by atoms with Gasteiger partial charge in [0.15, 0.2) is 6.23 Å². The topological polar surface area (TPSA) is 103 Å². The third kappa shape index (κ3) is 1.62. The molecular formula is C9H11N5O. The van der Waals surface area contributed by atoms with Crippen LogP contribution in [0.3, 0.4) is 0 Å². The van der Waals surface area contributed by atoms with Crippen molar-refractivity contribution in [3.05, 3.63) is 35.9 Å². The minimum atomic E-state index is -0.957. The van der Waals surface area contributed by atoms with Crippen LogP contribution in [0.15, 0.2) is 30.3 Å². The van der Waals surface area contributed by atoms with E-state index in [-0.39, 0.29) is 11.9 Å². The van der Waals surface area contributed by atoms with E-state index in [2.05, 4.69) is 10.2 Å². The highest BCUT2D eigenvalue weighted by molar-refractivity contribution is 5.32. The van der Waals surface area contributed by atoms with Gasteiger partial charge in [-0.2, -0.15) is 0 Å². The van der Waals surface area contributed by atoms with Crippen LogP contribution >= 0.6 is 0 Å². The molecule has 5 N–H and O–H groups in total. The highest BCUT2D eigenvalue weighted by Gasteiger charge is 2.16. The Morgan fingerprint density at radius 2 is 1.60 bits per heavy atom. The number of nitrogens with two attached hydrogens (primary N) is 2. The molecule has 0 saturated carbocycles. The normalized spacial score (nSPS) is 12.6. The maximum absolute atomic E-state index is 9.97. The molecule has 0 bridgehead atoms. The first-order valence-electron chi connectivity index (χ1n) is 4.39. The van der Waals surface area contributed by atoms with Crippen LogP contribution in [0.2, 0.25) is 0 Å². The summed E-state index contributed by atoms with van der Waals surface area (Å²) in [6, 6.07) is 9.02. The molecule has 1 heterocycles. The lowest BCUT2D eigenvalue weighted by atomic mass is 10.2. The molecule has 1 aromatic carbocycles. The summed E-state index contributed by atoms with van der Waals surface area (Å²) in [5, 5.41) is 17.1. The van der Waals surface area contributed by atoms with Gasteiger partial charge in [-0.1, -0.05) is 30.3 Å². The van der Waals surface area contributed by atoms with Gasteiger partial charge in [-0.05, 0) is 0 Å². The van der Waals surface area contributed by atoms with Gasteiger partial charge in [0, 0.05) is 5.56 Å². The first-order chi connectivity index (χ1) is 7.20. The van der Waals surface area contributed by atoms with Crippen molar-refractivity contribution in [2.24, 2.45) is 0 Å². The van der Waals surface area contributed by atoms with Gasteiger partial charge in [0.05, 0.1) is 0 Å². The van der Waals surface area contributed by atoms with Crippen LogP contribution in [0.25, 0.3) is 0 Å². The summed E-state index contributed by atoms with van der Waals surface area (Å²) in [6.07, 6.45) is -0.957. The highest BCUT2D eigenvalue weighted by Crippen LogP contribution is 2.20. The van der Waals surface area contributed by atoms with Crippen molar-refractivity contribution in [3.63, 3.8) is 0 Å². The lowest BCUT2D eigenvalue weighted by Gasteiger charge is -2.13. The average molecular weight is 205 g/mol. The summed E-state index contributed by atoms with van der Waals surface area (Å²) in [5.74, 6) is 0.174. The van der Waals surface area contributed by atoms with Crippen LogP contribution in [-0.2, 0) is 0 Å². The number of hydrogen-bond donors (Lipinski definition) is 3. The predicted octanol–water partition coefficient (Wildman–Crippen LogP) is -0.0183. The number of benzene rings is 1. The molecule has 0 saturated heterocycles. The molecule has 0 aliphatic heterocycles. The number of nitrogens with zero attached hydrogens (tertiary/aromatic N) is 3. The average Bonchev–Trinajstić information content (AvgIpc) is 2.59. The standard InChI is InChI=1S/C9H11N5O/c10-8-12-13-9(11)14(8)7(15)6-4-2-1-3-5-6/h1-5,7,15H,(H2,10,12)(H2,11,13). The van der Waals surface area contributed by atoms with Crippen LogP contribution < -0.4 is 11.5 Å². The lowest BCUT2D eigenvalue weighted by molar-refractivity contribution is 0.150. The van der Waals surface area contributed by atoms with Crippen molar-refractivity contribution >= 4 is 11.9 Å². The molecule has 1 unspecified atom stereocenters. The Kier molecular flexibility index (Phi) is 2.26. The van der Waals surface area contributed by atoms with E-state index in [4.69, 9.17) is 11.5 Å². The SMILES string of the molecule is Nc1nnc(N)n1C(O)c1ccccc1. The number of hydrogen-bond acceptors (Lipinski definition) is 5. The van der Waals surface area contributed by atoms with Crippen LogP contribution in [0.1, 0.15) is 11.8 Å². The molecule has 0 aliphatic carbocycles. The van der Waals surface area contributed by atoms with E-state index in [9.17, 15) is 5.11 Å². The Hall–Kier alpha value is -2.08. The van der Waals surface area contributed by atoms with Crippen LogP contribution in [-0.4, -0.2) is 19.9 Å². The van der Waals surface area contributed by atoms with E-state index in [0.29, 0.717) is 5.56 Å². The Labute approximate surface area is 86.2 Å². The van der Waals surface area contributed by atoms with E-state index < -0.39 is 6.23 Å². The van der Waals surface area contributed by atoms with Gasteiger partial charge in [0.1, 0.15) is 0 Å². The van der Waals surface area contributed by atoms with Gasteiger partial charge in [-0.3, -0.25) is 0 Å². The fourth-order valence-electron chi connectivity index (χ4n) is 1.34. The zero-order valence-corrected chi connectivity index (χ0v) is 7.91. The summed E-state index contributed by atoms with van der Waals surface area (Å²) < 4.78 is 1.26. The monoisotopic (exact) mass is 205 g/mol. The van der Waals surface area contributed by atoms with E-state index in [1.54, 1.807) is 12.1 Å². The molecular weight excluding hydrogens is 194 g/mol. The quantitative estimate of drug-likeness (QED) is 0.639. The maximum atomic E-state index is 9.97. The third-order valence-corrected chi connectivity index (χ3v) is 2.09. The molecule has 0 fully saturated rings. The van der Waals surface area contributed by atoms with Crippen LogP contribution in [0, 0.1) is 0 Å². The molecule has 6 nitrogen and oxygen atoms in total. The fraction of sp³-hybridized carbons (Fsp3) is 0.111. The van der Waals surface area contributed by atoms with E-state index in [0.717, 1.165) is 0 Å². The molecule has 0 amide bonds. The van der Waals surface area contributed by atoms with Gasteiger partial charge in [0.25, 0.3) is 0 Å². The summed E-state index contributed by atoms with van der Waals surface area (Å²) in [5.41, 5.74) is 11.7. The molecule has 0 aliphatic rings. The van der Waals surface area contributed by atoms with Crippen molar-refractivity contribution in [2.75, 3.05) is 11.5 Å². The zero-order chi connectivity index (χ0) is 10.8. The zero-order valence-electron chi connectivity index (χ0n) is 7.91. The van der Waals surface area contributed by atoms with Gasteiger partial charge < -0.3 is 16.6 Å². The molecule has 1 aromatic heterocycles. The van der Waals surface area contributed by atoms with Crippen LogP contribution in [0.5, 0.6) is 0 Å². The number of aromatic nitrogens is 3. The Balaban J connectivity index is 2.41. The summed E-state index contributed by atoms with van der Waals surface area (Å²) >= 11 is 0. The lowest BCUT2D eigenvalue weighted by Crippen LogP contribution is -2.15. The van der Waals surface area contributed by atoms with Crippen molar-refractivity contribution in [2.45, 2.75) is 6.23 Å². The van der Waals surface area contributed by atoms with E-state index in [1.165, 1.54) is 4.57 Å². The van der Waals surface area contributed by atoms with Gasteiger partial charge in [0.2, 0.25) is 11.9 Å². The number of nitrogen functional groups attached to an aromatic ring is 2. The van der Waals surface area contributed by atoms with Gasteiger partial charge in [-0.25, -0.2) is 4.57 Å². The van der Waals surface area contributed by atoms with Gasteiger partial charge >= 0.3 is 0 Å². The van der Waals surface area contributed by atoms with Crippen molar-refractivity contribution in [1.29, 1.82) is 0 Å². The van der Waals surface area contributed by atoms with E-state index in [1.807, 2.05) is 18.2 Å². The molecule has 78 valence electrons. The number of aliphatic hydroxyl groups excluding tert-OH is 1. The second-order valence-corrected chi connectivity index (χ2v) is 3.07. The molecule has 2 aromatic rings. The third-order valence-electron chi connectivity index (χ3n) is 2.09. The second-order valence-electron chi connectivity index (χ2n) is 3.07. The van der Waals surface area contributed by atoms with Crippen molar-refractivity contribution < 1.29 is 5.11 Å². The first-order valence-corrected chi connectivity index (χ1v) is 4.39. The molecule has 15 heavy (non-hydrogen) atoms. The Morgan fingerprint density at radius 3 is 2.13 bits per heavy atom. The molecule has 0 spiro atoms. The van der Waals surface area contributed by atoms with Crippen LogP contribution in [0.4, 0.5) is 11.9 Å². The number of rotatable bonds is 2. The summed E-state index contributed by atoms with van der Waals surface area (Å²) in [7, 11) is 0. The smallest absolute Gasteiger partial charge is 0.225 e. The first kappa shape index (κ1) is 9.47. The molecule has 0 radical (unpaired) electrons. The molecule has 2 rings (SSSR count).